The first-order chi connectivity index (χ1) is 11.9. The third-order valence-electron chi connectivity index (χ3n) is 3.79. The van der Waals surface area contributed by atoms with Crippen molar-refractivity contribution in [3.63, 3.8) is 0 Å². The van der Waals surface area contributed by atoms with E-state index >= 15 is 0 Å². The van der Waals surface area contributed by atoms with Gasteiger partial charge in [-0.25, -0.2) is 0 Å². The summed E-state index contributed by atoms with van der Waals surface area (Å²) in [5, 5.41) is 5.84. The lowest BCUT2D eigenvalue weighted by Crippen LogP contribution is -2.33. The lowest BCUT2D eigenvalue weighted by molar-refractivity contribution is -0.123. The molecule has 0 spiro atoms. The Hall–Kier alpha value is -1.66. The fourth-order valence-electron chi connectivity index (χ4n) is 2.58. The maximum atomic E-state index is 12.5. The Kier molecular flexibility index (Phi) is 7.20. The van der Waals surface area contributed by atoms with Crippen LogP contribution in [0, 0.1) is 0 Å². The molecule has 6 heteroatoms. The van der Waals surface area contributed by atoms with Crippen molar-refractivity contribution in [1.29, 1.82) is 0 Å². The van der Waals surface area contributed by atoms with Gasteiger partial charge in [-0.1, -0.05) is 62.2 Å². The Balaban J connectivity index is 2.07. The zero-order chi connectivity index (χ0) is 18.4. The van der Waals surface area contributed by atoms with Crippen molar-refractivity contribution in [2.75, 3.05) is 0 Å². The van der Waals surface area contributed by atoms with Gasteiger partial charge in [0.05, 0.1) is 18.5 Å². The van der Waals surface area contributed by atoms with Gasteiger partial charge in [-0.3, -0.25) is 9.59 Å². The van der Waals surface area contributed by atoms with Crippen LogP contribution in [0.1, 0.15) is 43.5 Å². The minimum absolute atomic E-state index is 0.120. The molecule has 0 heterocycles. The molecule has 2 atom stereocenters. The van der Waals surface area contributed by atoms with E-state index in [1.807, 2.05) is 55.5 Å². The zero-order valence-corrected chi connectivity index (χ0v) is 17.2. The molecule has 0 saturated carbocycles. The normalized spacial score (nSPS) is 13.0. The molecule has 2 aromatic carbocycles. The maximum Gasteiger partial charge on any atom is 0.222 e. The van der Waals surface area contributed by atoms with Crippen molar-refractivity contribution in [3.05, 3.63) is 68.6 Å². The van der Waals surface area contributed by atoms with Crippen molar-refractivity contribution < 1.29 is 9.59 Å². The lowest BCUT2D eigenvalue weighted by Gasteiger charge is -2.21. The quantitative estimate of drug-likeness (QED) is 0.649. The van der Waals surface area contributed by atoms with E-state index in [0.717, 1.165) is 20.1 Å². The Morgan fingerprint density at radius 2 is 1.64 bits per heavy atom. The van der Waals surface area contributed by atoms with Crippen LogP contribution < -0.4 is 10.6 Å². The SMILES string of the molecule is CC(=O)NC(CC(=O)NC(C)c1ccccc1Br)c1ccc(Br)cc1. The van der Waals surface area contributed by atoms with E-state index in [4.69, 9.17) is 0 Å². The largest absolute Gasteiger partial charge is 0.349 e. The number of hydrogen-bond donors (Lipinski definition) is 2. The summed E-state index contributed by atoms with van der Waals surface area (Å²) in [6.07, 6.45) is 0.177. The number of halogens is 2. The number of carbonyl (C=O) groups is 2. The van der Waals surface area contributed by atoms with Gasteiger partial charge < -0.3 is 10.6 Å². The average molecular weight is 468 g/mol. The third-order valence-corrected chi connectivity index (χ3v) is 5.04. The molecule has 2 rings (SSSR count). The number of benzene rings is 2. The molecule has 0 aliphatic carbocycles. The van der Waals surface area contributed by atoms with E-state index in [-0.39, 0.29) is 30.3 Å². The van der Waals surface area contributed by atoms with Crippen molar-refractivity contribution in [1.82, 2.24) is 10.6 Å². The van der Waals surface area contributed by atoms with E-state index in [1.54, 1.807) is 0 Å². The molecule has 0 aliphatic heterocycles. The molecule has 2 unspecified atom stereocenters. The van der Waals surface area contributed by atoms with E-state index < -0.39 is 0 Å². The smallest absolute Gasteiger partial charge is 0.222 e. The van der Waals surface area contributed by atoms with Gasteiger partial charge >= 0.3 is 0 Å². The third kappa shape index (κ3) is 5.97. The summed E-state index contributed by atoms with van der Waals surface area (Å²) in [5.74, 6) is -0.288. The minimum Gasteiger partial charge on any atom is -0.349 e. The predicted molar refractivity (Wildman–Crippen MR) is 106 cm³/mol. The van der Waals surface area contributed by atoms with Gasteiger partial charge in [0.25, 0.3) is 0 Å². The van der Waals surface area contributed by atoms with Crippen LogP contribution in [-0.4, -0.2) is 11.8 Å². The standard InChI is InChI=1S/C19H20Br2N2O2/c1-12(16-5-3-4-6-17(16)21)22-19(25)11-18(23-13(2)24)14-7-9-15(20)10-8-14/h3-10,12,18H,11H2,1-2H3,(H,22,25)(H,23,24). The molecule has 0 saturated heterocycles. The van der Waals surface area contributed by atoms with Crippen LogP contribution in [0.4, 0.5) is 0 Å². The van der Waals surface area contributed by atoms with Gasteiger partial charge in [-0.2, -0.15) is 0 Å². The molecule has 132 valence electrons. The molecule has 25 heavy (non-hydrogen) atoms. The van der Waals surface area contributed by atoms with Crippen molar-refractivity contribution in [3.8, 4) is 0 Å². The minimum atomic E-state index is -0.364. The Bertz CT molecular complexity index is 747. The van der Waals surface area contributed by atoms with Gasteiger partial charge in [0.1, 0.15) is 0 Å². The summed E-state index contributed by atoms with van der Waals surface area (Å²) in [4.78, 5) is 24.0. The highest BCUT2D eigenvalue weighted by atomic mass is 79.9. The lowest BCUT2D eigenvalue weighted by atomic mass is 10.0. The molecule has 0 radical (unpaired) electrons. The second kappa shape index (κ2) is 9.15. The van der Waals surface area contributed by atoms with Crippen LogP contribution in [0.5, 0.6) is 0 Å². The van der Waals surface area contributed by atoms with Gasteiger partial charge in [-0.15, -0.1) is 0 Å². The van der Waals surface area contributed by atoms with Crippen LogP contribution in [0.3, 0.4) is 0 Å². The van der Waals surface area contributed by atoms with Gasteiger partial charge in [0, 0.05) is 15.9 Å². The van der Waals surface area contributed by atoms with E-state index in [1.165, 1.54) is 6.92 Å². The second-order valence-electron chi connectivity index (χ2n) is 5.82. The van der Waals surface area contributed by atoms with Crippen molar-refractivity contribution in [2.45, 2.75) is 32.4 Å². The molecular formula is C19H20Br2N2O2. The molecule has 4 nitrogen and oxygen atoms in total. The van der Waals surface area contributed by atoms with Gasteiger partial charge in [0.15, 0.2) is 0 Å². The highest BCUT2D eigenvalue weighted by Crippen LogP contribution is 2.24. The first-order valence-electron chi connectivity index (χ1n) is 7.93. The molecule has 2 N–H and O–H groups in total. The average Bonchev–Trinajstić information content (AvgIpc) is 2.54. The van der Waals surface area contributed by atoms with Gasteiger partial charge in [0.2, 0.25) is 11.8 Å². The van der Waals surface area contributed by atoms with E-state index in [0.29, 0.717) is 0 Å². The summed E-state index contributed by atoms with van der Waals surface area (Å²) in [6.45, 7) is 3.39. The number of amides is 2. The van der Waals surface area contributed by atoms with E-state index in [2.05, 4.69) is 42.5 Å². The summed E-state index contributed by atoms with van der Waals surface area (Å²) in [5.41, 5.74) is 1.90. The van der Waals surface area contributed by atoms with Crippen LogP contribution in [-0.2, 0) is 9.59 Å². The molecule has 0 aromatic heterocycles. The maximum absolute atomic E-state index is 12.5. The molecular weight excluding hydrogens is 448 g/mol. The molecule has 0 bridgehead atoms. The summed E-state index contributed by atoms with van der Waals surface area (Å²) in [7, 11) is 0. The Morgan fingerprint density at radius 3 is 2.24 bits per heavy atom. The fraction of sp³-hybridized carbons (Fsp3) is 0.263. The van der Waals surface area contributed by atoms with E-state index in [9.17, 15) is 9.59 Å². The van der Waals surface area contributed by atoms with Crippen LogP contribution in [0.25, 0.3) is 0 Å². The first kappa shape index (κ1) is 19.7. The summed E-state index contributed by atoms with van der Waals surface area (Å²) >= 11 is 6.89. The highest BCUT2D eigenvalue weighted by Gasteiger charge is 2.19. The first-order valence-corrected chi connectivity index (χ1v) is 9.51. The Morgan fingerprint density at radius 1 is 1.00 bits per heavy atom. The predicted octanol–water partition coefficient (Wildman–Crippen LogP) is 4.66. The summed E-state index contributed by atoms with van der Waals surface area (Å²) < 4.78 is 1.90. The van der Waals surface area contributed by atoms with Crippen LogP contribution in [0.2, 0.25) is 0 Å². The monoisotopic (exact) mass is 466 g/mol. The Labute approximate surface area is 164 Å². The van der Waals surface area contributed by atoms with Gasteiger partial charge in [-0.05, 0) is 36.2 Å². The zero-order valence-electron chi connectivity index (χ0n) is 14.1. The molecule has 2 aromatic rings. The topological polar surface area (TPSA) is 58.2 Å². The number of nitrogens with one attached hydrogen (secondary N) is 2. The summed E-state index contributed by atoms with van der Waals surface area (Å²) in [6, 6.07) is 14.9. The molecule has 0 aliphatic rings. The van der Waals surface area contributed by atoms with Crippen molar-refractivity contribution in [2.24, 2.45) is 0 Å². The number of carbonyl (C=O) groups excluding carboxylic acids is 2. The number of rotatable bonds is 6. The number of hydrogen-bond acceptors (Lipinski definition) is 2. The highest BCUT2D eigenvalue weighted by molar-refractivity contribution is 9.10. The second-order valence-corrected chi connectivity index (χ2v) is 7.59. The van der Waals surface area contributed by atoms with Crippen LogP contribution in [0.15, 0.2) is 57.5 Å². The van der Waals surface area contributed by atoms with Crippen LogP contribution >= 0.6 is 31.9 Å². The molecule has 0 fully saturated rings. The van der Waals surface area contributed by atoms with Crippen molar-refractivity contribution >= 4 is 43.7 Å². The fourth-order valence-corrected chi connectivity index (χ4v) is 3.47. The molecule has 2 amide bonds.